The zero-order chi connectivity index (χ0) is 45.3. The third-order valence-corrected chi connectivity index (χ3v) is 12.1. The second-order valence-electron chi connectivity index (χ2n) is 18.3. The van der Waals surface area contributed by atoms with Gasteiger partial charge in [0, 0.05) is 25.2 Å². The van der Waals surface area contributed by atoms with Gasteiger partial charge in [0.25, 0.3) is 0 Å². The Morgan fingerprint density at radius 3 is 1.61 bits per heavy atom. The summed E-state index contributed by atoms with van der Waals surface area (Å²) in [6.45, 7) is 12.0. The third kappa shape index (κ3) is 21.0. The van der Waals surface area contributed by atoms with Gasteiger partial charge in [-0.25, -0.2) is 0 Å². The Hall–Kier alpha value is -3.82. The van der Waals surface area contributed by atoms with Gasteiger partial charge in [0.1, 0.15) is 0 Å². The van der Waals surface area contributed by atoms with E-state index in [0.717, 1.165) is 57.8 Å². The number of hydrogen-bond acceptors (Lipinski definition) is 8. The fourth-order valence-corrected chi connectivity index (χ4v) is 8.62. The second-order valence-corrected chi connectivity index (χ2v) is 18.3. The minimum atomic E-state index is -0.600. The molecule has 10 atom stereocenters. The first-order chi connectivity index (χ1) is 29.7. The van der Waals surface area contributed by atoms with Crippen LogP contribution in [0.1, 0.15) is 130 Å². The average molecular weight is 857 g/mol. The molecule has 4 N–H and O–H groups in total. The van der Waals surface area contributed by atoms with Gasteiger partial charge in [-0.3, -0.25) is 9.59 Å². The van der Waals surface area contributed by atoms with E-state index in [4.69, 9.17) is 9.47 Å². The highest BCUT2D eigenvalue weighted by molar-refractivity contribution is 5.69. The number of carbonyl (C=O) groups is 2. The Morgan fingerprint density at radius 1 is 0.629 bits per heavy atom. The summed E-state index contributed by atoms with van der Waals surface area (Å²) in [5, 5.41) is 41.6. The van der Waals surface area contributed by atoms with Crippen molar-refractivity contribution in [3.05, 3.63) is 120 Å². The van der Waals surface area contributed by atoms with Crippen molar-refractivity contribution < 1.29 is 39.5 Å². The third-order valence-electron chi connectivity index (χ3n) is 12.1. The molecule has 8 heteroatoms. The lowest BCUT2D eigenvalue weighted by molar-refractivity contribution is -0.148. The van der Waals surface area contributed by atoms with Gasteiger partial charge >= 0.3 is 11.9 Å². The van der Waals surface area contributed by atoms with E-state index in [1.807, 2.05) is 76.3 Å². The molecule has 0 bridgehead atoms. The van der Waals surface area contributed by atoms with E-state index < -0.39 is 18.3 Å². The lowest BCUT2D eigenvalue weighted by Crippen LogP contribution is -2.20. The first-order valence-electron chi connectivity index (χ1n) is 23.6. The topological polar surface area (TPSA) is 134 Å². The molecule has 2 fully saturated rings. The molecule has 2 saturated carbocycles. The second kappa shape index (κ2) is 29.5. The molecule has 62 heavy (non-hydrogen) atoms. The Bertz CT molecular complexity index is 1510. The first-order valence-corrected chi connectivity index (χ1v) is 23.6. The molecule has 0 spiro atoms. The molecule has 0 heterocycles. The number of rotatable bonds is 24. The molecule has 2 aromatic carbocycles. The van der Waals surface area contributed by atoms with Crippen molar-refractivity contribution in [2.75, 3.05) is 0 Å². The summed E-state index contributed by atoms with van der Waals surface area (Å²) in [4.78, 5) is 23.1. The minimum absolute atomic E-state index is 0.0417. The van der Waals surface area contributed by atoms with Crippen LogP contribution in [0.5, 0.6) is 0 Å². The summed E-state index contributed by atoms with van der Waals surface area (Å²) in [5.41, 5.74) is 2.58. The van der Waals surface area contributed by atoms with E-state index in [1.165, 1.54) is 11.1 Å². The van der Waals surface area contributed by atoms with Gasteiger partial charge in [0.15, 0.2) is 0 Å². The molecule has 0 radical (unpaired) electrons. The maximum absolute atomic E-state index is 11.6. The van der Waals surface area contributed by atoms with Gasteiger partial charge in [-0.1, -0.05) is 123 Å². The summed E-state index contributed by atoms with van der Waals surface area (Å²) in [6, 6.07) is 20.7. The largest absolute Gasteiger partial charge is 0.463 e. The molecule has 344 valence electrons. The first kappa shape index (κ1) is 52.5. The molecule has 8 nitrogen and oxygen atoms in total. The number of ether oxygens (including phenoxy) is 2. The van der Waals surface area contributed by atoms with Crippen LogP contribution in [0.25, 0.3) is 0 Å². The summed E-state index contributed by atoms with van der Waals surface area (Å²) in [7, 11) is 0. The SMILES string of the molecule is CC(/C=C/[C@H]1C(C)C[C@H](O)[C@@H]1C/C=C\CCCC(=O)OC(C)C)CCc1ccccc1.CC(C)OC(=O)CCC/C=C\C[C@H]1[C@@H](O)CC(O)[C@@H]1/C=C/C(O)CCc1ccccc1. The molecule has 0 saturated heterocycles. The van der Waals surface area contributed by atoms with Crippen molar-refractivity contribution in [1.82, 2.24) is 0 Å². The molecule has 0 amide bonds. The monoisotopic (exact) mass is 857 g/mol. The molecule has 2 aromatic rings. The number of esters is 2. The molecule has 0 aromatic heterocycles. The van der Waals surface area contributed by atoms with E-state index >= 15 is 0 Å². The zero-order valence-corrected chi connectivity index (χ0v) is 38.6. The van der Waals surface area contributed by atoms with Crippen LogP contribution in [0, 0.1) is 35.5 Å². The van der Waals surface area contributed by atoms with Crippen LogP contribution in [-0.2, 0) is 31.9 Å². The quantitative estimate of drug-likeness (QED) is 0.0466. The summed E-state index contributed by atoms with van der Waals surface area (Å²) < 4.78 is 10.3. The lowest BCUT2D eigenvalue weighted by Gasteiger charge is -2.20. The molecule has 4 rings (SSSR count). The number of aliphatic hydroxyl groups excluding tert-OH is 4. The zero-order valence-electron chi connectivity index (χ0n) is 38.6. The van der Waals surface area contributed by atoms with Crippen LogP contribution in [0.15, 0.2) is 109 Å². The lowest BCUT2D eigenvalue weighted by atomic mass is 9.86. The number of unbranched alkanes of at least 4 members (excludes halogenated alkanes) is 2. The standard InChI is InChI=1S/C28H42O3.C26H38O5/c1-21(2)31-28(30)15-11-6-5-10-14-26-25(23(4)20-27(26)29)19-17-22(3)16-18-24-12-8-7-9-13-24;1-19(2)31-26(30)13-9-4-3-8-12-22-23(25(29)18-24(22)28)17-16-21(27)15-14-20-10-6-5-7-11-20/h5,7-10,12-13,17,19,21-23,25-27,29H,6,11,14-16,18,20H2,1-4H3;3,5-8,10-11,16-17,19,21-25,27-29H,4,9,12-15,18H2,1-2H3/b10-5-,19-17+;8-3-,17-16+/t22?,23?,25-,26+,27-;21?,22-,23-,24+,25?/m01/s1. The maximum atomic E-state index is 11.6. The van der Waals surface area contributed by atoms with Crippen molar-refractivity contribution in [3.8, 4) is 0 Å². The Kier molecular flexibility index (Phi) is 25.0. The van der Waals surface area contributed by atoms with E-state index in [-0.39, 0.29) is 48.0 Å². The Labute approximate surface area is 374 Å². The van der Waals surface area contributed by atoms with Crippen molar-refractivity contribution in [2.45, 2.75) is 168 Å². The van der Waals surface area contributed by atoms with Crippen molar-refractivity contribution >= 4 is 11.9 Å². The highest BCUT2D eigenvalue weighted by Crippen LogP contribution is 2.41. The molecule has 2 aliphatic carbocycles. The van der Waals surface area contributed by atoms with Gasteiger partial charge in [-0.2, -0.15) is 0 Å². The van der Waals surface area contributed by atoms with E-state index in [2.05, 4.69) is 68.5 Å². The average Bonchev–Trinajstić information content (AvgIpc) is 3.66. The summed E-state index contributed by atoms with van der Waals surface area (Å²) >= 11 is 0. The van der Waals surface area contributed by atoms with Gasteiger partial charge < -0.3 is 29.9 Å². The van der Waals surface area contributed by atoms with Crippen molar-refractivity contribution in [1.29, 1.82) is 0 Å². The minimum Gasteiger partial charge on any atom is -0.463 e. The van der Waals surface area contributed by atoms with Crippen LogP contribution < -0.4 is 0 Å². The predicted molar refractivity (Wildman–Crippen MR) is 251 cm³/mol. The molecule has 2 aliphatic rings. The number of allylic oxidation sites excluding steroid dienone is 6. The number of aliphatic hydroxyl groups is 4. The molecular formula is C54H80O8. The fraction of sp³-hybridized carbons (Fsp3) is 0.593. The van der Waals surface area contributed by atoms with Crippen molar-refractivity contribution in [2.24, 2.45) is 35.5 Å². The van der Waals surface area contributed by atoms with E-state index in [1.54, 1.807) is 6.08 Å². The molecular weight excluding hydrogens is 777 g/mol. The number of carbonyl (C=O) groups excluding carboxylic acids is 2. The molecule has 4 unspecified atom stereocenters. The normalized spacial score (nSPS) is 25.0. The summed E-state index contributed by atoms with van der Waals surface area (Å²) in [5.74, 6) is 1.23. The van der Waals surface area contributed by atoms with Crippen LogP contribution in [-0.4, -0.2) is 69.0 Å². The summed E-state index contributed by atoms with van der Waals surface area (Å²) in [6.07, 6.45) is 25.2. The highest BCUT2D eigenvalue weighted by atomic mass is 16.5. The van der Waals surface area contributed by atoms with E-state index in [9.17, 15) is 30.0 Å². The van der Waals surface area contributed by atoms with Crippen LogP contribution >= 0.6 is 0 Å². The van der Waals surface area contributed by atoms with Crippen molar-refractivity contribution in [3.63, 3.8) is 0 Å². The highest BCUT2D eigenvalue weighted by Gasteiger charge is 2.39. The van der Waals surface area contributed by atoms with Crippen LogP contribution in [0.4, 0.5) is 0 Å². The van der Waals surface area contributed by atoms with Gasteiger partial charge in [-0.15, -0.1) is 0 Å². The maximum Gasteiger partial charge on any atom is 0.306 e. The molecule has 0 aliphatic heterocycles. The van der Waals surface area contributed by atoms with Crippen LogP contribution in [0.2, 0.25) is 0 Å². The van der Waals surface area contributed by atoms with Crippen LogP contribution in [0.3, 0.4) is 0 Å². The number of benzene rings is 2. The van der Waals surface area contributed by atoms with Gasteiger partial charge in [-0.05, 0) is 139 Å². The van der Waals surface area contributed by atoms with Gasteiger partial charge in [0.05, 0.1) is 36.6 Å². The Morgan fingerprint density at radius 2 is 1.10 bits per heavy atom. The van der Waals surface area contributed by atoms with E-state index in [0.29, 0.717) is 49.9 Å². The fourth-order valence-electron chi connectivity index (χ4n) is 8.62. The smallest absolute Gasteiger partial charge is 0.306 e. The van der Waals surface area contributed by atoms with Gasteiger partial charge in [0.2, 0.25) is 0 Å². The number of aryl methyl sites for hydroxylation is 2. The Balaban J connectivity index is 0.000000330. The number of hydrogen-bond donors (Lipinski definition) is 4. The predicted octanol–water partition coefficient (Wildman–Crippen LogP) is 10.5.